The van der Waals surface area contributed by atoms with Crippen molar-refractivity contribution in [2.75, 3.05) is 19.5 Å². The molecule has 0 atom stereocenters. The van der Waals surface area contributed by atoms with E-state index in [9.17, 15) is 4.79 Å². The maximum absolute atomic E-state index is 13.4. The third-order valence-electron chi connectivity index (χ3n) is 5.76. The zero-order valence-corrected chi connectivity index (χ0v) is 20.0. The van der Waals surface area contributed by atoms with Crippen LogP contribution in [0.25, 0.3) is 16.8 Å². The Kier molecular flexibility index (Phi) is 6.48. The van der Waals surface area contributed by atoms with Crippen LogP contribution in [0.2, 0.25) is 0 Å². The van der Waals surface area contributed by atoms with Crippen LogP contribution in [-0.4, -0.2) is 39.7 Å². The van der Waals surface area contributed by atoms with Crippen LogP contribution in [0.15, 0.2) is 97.5 Å². The highest BCUT2D eigenvalue weighted by atomic mass is 16.5. The lowest BCUT2D eigenvalue weighted by Gasteiger charge is -2.10. The van der Waals surface area contributed by atoms with E-state index in [0.29, 0.717) is 35.0 Å². The van der Waals surface area contributed by atoms with Crippen molar-refractivity contribution in [3.63, 3.8) is 0 Å². The molecule has 0 saturated heterocycles. The molecule has 2 heterocycles. The molecule has 0 aliphatic heterocycles. The van der Waals surface area contributed by atoms with E-state index >= 15 is 0 Å². The molecule has 0 bridgehead atoms. The lowest BCUT2D eigenvalue weighted by molar-refractivity contribution is 0.102. The van der Waals surface area contributed by atoms with E-state index < -0.39 is 0 Å². The van der Waals surface area contributed by atoms with Crippen molar-refractivity contribution in [1.82, 2.24) is 19.6 Å². The fraction of sp³-hybridized carbons (Fsp3) is 0.107. The maximum Gasteiger partial charge on any atom is 0.276 e. The molecule has 1 N–H and O–H groups in total. The summed E-state index contributed by atoms with van der Waals surface area (Å²) in [5, 5.41) is 11.8. The van der Waals surface area contributed by atoms with Crippen molar-refractivity contribution in [2.24, 2.45) is 0 Å². The van der Waals surface area contributed by atoms with Gasteiger partial charge in [-0.2, -0.15) is 10.2 Å². The molecule has 0 spiro atoms. The van der Waals surface area contributed by atoms with E-state index in [0.717, 1.165) is 16.8 Å². The van der Waals surface area contributed by atoms with Crippen molar-refractivity contribution in [3.8, 4) is 28.3 Å². The Bertz CT molecular complexity index is 1460. The number of methoxy groups -OCH3 is 2. The molecular formula is C28H25N5O3. The minimum absolute atomic E-state index is 0.298. The first-order valence-corrected chi connectivity index (χ1v) is 11.4. The van der Waals surface area contributed by atoms with Crippen LogP contribution in [0.5, 0.6) is 11.5 Å². The van der Waals surface area contributed by atoms with Gasteiger partial charge in [0.1, 0.15) is 0 Å². The molecule has 8 nitrogen and oxygen atoms in total. The zero-order chi connectivity index (χ0) is 24.9. The van der Waals surface area contributed by atoms with Crippen molar-refractivity contribution in [3.05, 3.63) is 109 Å². The first kappa shape index (κ1) is 22.9. The minimum atomic E-state index is -0.311. The van der Waals surface area contributed by atoms with Gasteiger partial charge in [-0.1, -0.05) is 36.4 Å². The summed E-state index contributed by atoms with van der Waals surface area (Å²) in [6.07, 6.45) is 5.51. The molecule has 36 heavy (non-hydrogen) atoms. The van der Waals surface area contributed by atoms with Crippen LogP contribution in [0.3, 0.4) is 0 Å². The summed E-state index contributed by atoms with van der Waals surface area (Å²) in [6.45, 7) is 0.659. The number of para-hydroxylation sites is 1. The summed E-state index contributed by atoms with van der Waals surface area (Å²) in [7, 11) is 3.17. The van der Waals surface area contributed by atoms with Gasteiger partial charge in [0.15, 0.2) is 17.2 Å². The number of carbonyl (C=O) groups is 1. The quantitative estimate of drug-likeness (QED) is 0.337. The number of ether oxygens (including phenoxy) is 2. The van der Waals surface area contributed by atoms with Crippen molar-refractivity contribution < 1.29 is 14.3 Å². The number of anilines is 1. The second kappa shape index (κ2) is 10.2. The highest BCUT2D eigenvalue weighted by molar-refractivity contribution is 6.07. The van der Waals surface area contributed by atoms with Crippen LogP contribution in [0.4, 0.5) is 5.69 Å². The summed E-state index contributed by atoms with van der Waals surface area (Å²) in [5.74, 6) is 0.869. The van der Waals surface area contributed by atoms with Gasteiger partial charge in [0, 0.05) is 29.8 Å². The van der Waals surface area contributed by atoms with E-state index in [1.165, 1.54) is 0 Å². The van der Waals surface area contributed by atoms with Gasteiger partial charge in [-0.25, -0.2) is 4.68 Å². The summed E-state index contributed by atoms with van der Waals surface area (Å²) in [5.41, 5.74) is 4.36. The number of rotatable bonds is 8. The van der Waals surface area contributed by atoms with Crippen LogP contribution >= 0.6 is 0 Å². The fourth-order valence-electron chi connectivity index (χ4n) is 3.93. The van der Waals surface area contributed by atoms with Gasteiger partial charge in [0.05, 0.1) is 26.5 Å². The minimum Gasteiger partial charge on any atom is -0.493 e. The molecule has 0 aliphatic carbocycles. The van der Waals surface area contributed by atoms with E-state index in [2.05, 4.69) is 15.5 Å². The molecule has 0 fully saturated rings. The average molecular weight is 480 g/mol. The molecule has 0 radical (unpaired) electrons. The normalized spacial score (nSPS) is 10.7. The lowest BCUT2D eigenvalue weighted by Crippen LogP contribution is -2.14. The highest BCUT2D eigenvalue weighted by Crippen LogP contribution is 2.34. The SMILES string of the molecule is COc1ccc(-c2cn(-c3ccccc3)nc2C(=O)Nc2ccc(Cn3cccn3)cc2)cc1OC. The van der Waals surface area contributed by atoms with E-state index in [4.69, 9.17) is 9.47 Å². The topological polar surface area (TPSA) is 83.2 Å². The predicted octanol–water partition coefficient (Wildman–Crippen LogP) is 5.05. The Balaban J connectivity index is 1.46. The standard InChI is InChI=1S/C28H25N5O3/c1-35-25-14-11-21(17-26(25)36-2)24-19-33(23-7-4-3-5-8-23)31-27(24)28(34)30-22-12-9-20(10-13-22)18-32-16-6-15-29-32/h3-17,19H,18H2,1-2H3,(H,30,34). The molecule has 8 heteroatoms. The van der Waals surface area contributed by atoms with Gasteiger partial charge in [0.25, 0.3) is 5.91 Å². The average Bonchev–Trinajstić information content (AvgIpc) is 3.60. The number of aromatic nitrogens is 4. The first-order chi connectivity index (χ1) is 17.6. The van der Waals surface area contributed by atoms with Crippen LogP contribution in [0, 0.1) is 0 Å². The van der Waals surface area contributed by atoms with Gasteiger partial charge in [0.2, 0.25) is 0 Å². The second-order valence-electron chi connectivity index (χ2n) is 8.10. The third kappa shape index (κ3) is 4.83. The molecule has 5 rings (SSSR count). The number of carbonyl (C=O) groups excluding carboxylic acids is 1. The smallest absolute Gasteiger partial charge is 0.276 e. The monoisotopic (exact) mass is 479 g/mol. The molecule has 0 aliphatic rings. The van der Waals surface area contributed by atoms with E-state index in [-0.39, 0.29) is 5.91 Å². The van der Waals surface area contributed by atoms with Gasteiger partial charge < -0.3 is 14.8 Å². The van der Waals surface area contributed by atoms with Gasteiger partial charge in [-0.05, 0) is 53.6 Å². The number of hydrogen-bond acceptors (Lipinski definition) is 5. The van der Waals surface area contributed by atoms with Crippen LogP contribution in [0.1, 0.15) is 16.1 Å². The fourth-order valence-corrected chi connectivity index (χ4v) is 3.93. The largest absolute Gasteiger partial charge is 0.493 e. The van der Waals surface area contributed by atoms with E-state index in [1.807, 2.05) is 95.9 Å². The Morgan fingerprint density at radius 3 is 2.39 bits per heavy atom. The van der Waals surface area contributed by atoms with Gasteiger partial charge >= 0.3 is 0 Å². The Morgan fingerprint density at radius 2 is 1.69 bits per heavy atom. The molecule has 2 aromatic heterocycles. The molecule has 3 aromatic carbocycles. The molecule has 1 amide bonds. The number of amides is 1. The predicted molar refractivity (Wildman–Crippen MR) is 138 cm³/mol. The lowest BCUT2D eigenvalue weighted by atomic mass is 10.1. The number of nitrogens with zero attached hydrogens (tertiary/aromatic N) is 4. The summed E-state index contributed by atoms with van der Waals surface area (Å²) >= 11 is 0. The van der Waals surface area contributed by atoms with E-state index in [1.54, 1.807) is 25.1 Å². The van der Waals surface area contributed by atoms with Crippen molar-refractivity contribution >= 4 is 11.6 Å². The summed E-state index contributed by atoms with van der Waals surface area (Å²) in [4.78, 5) is 13.4. The van der Waals surface area contributed by atoms with Crippen molar-refractivity contribution in [2.45, 2.75) is 6.54 Å². The zero-order valence-electron chi connectivity index (χ0n) is 20.0. The molecule has 5 aromatic rings. The Labute approximate surface area is 208 Å². The van der Waals surface area contributed by atoms with Gasteiger partial charge in [-0.3, -0.25) is 9.48 Å². The molecule has 0 saturated carbocycles. The molecule has 0 unspecified atom stereocenters. The first-order valence-electron chi connectivity index (χ1n) is 11.4. The molecule has 180 valence electrons. The summed E-state index contributed by atoms with van der Waals surface area (Å²) in [6, 6.07) is 24.8. The van der Waals surface area contributed by atoms with Gasteiger partial charge in [-0.15, -0.1) is 0 Å². The Hall–Kier alpha value is -4.85. The summed E-state index contributed by atoms with van der Waals surface area (Å²) < 4.78 is 14.4. The second-order valence-corrected chi connectivity index (χ2v) is 8.10. The third-order valence-corrected chi connectivity index (χ3v) is 5.76. The number of hydrogen-bond donors (Lipinski definition) is 1. The van der Waals surface area contributed by atoms with Crippen LogP contribution < -0.4 is 14.8 Å². The van der Waals surface area contributed by atoms with Crippen LogP contribution in [-0.2, 0) is 6.54 Å². The van der Waals surface area contributed by atoms with Crippen molar-refractivity contribution in [1.29, 1.82) is 0 Å². The number of benzene rings is 3. The number of nitrogens with one attached hydrogen (secondary N) is 1. The Morgan fingerprint density at radius 1 is 0.917 bits per heavy atom. The molecular weight excluding hydrogens is 454 g/mol. The highest BCUT2D eigenvalue weighted by Gasteiger charge is 2.20. The maximum atomic E-state index is 13.4.